The third-order valence-corrected chi connectivity index (χ3v) is 0. The number of hydrogen-bond acceptors (Lipinski definition) is 0. The standard InChI is InChI=1S/Ir.O.Sb.Sn.V/q+3;-2;+3;+4;+5. The van der Waals surface area contributed by atoms with E-state index in [4.69, 9.17) is 0 Å². The Labute approximate surface area is 91.0 Å². The van der Waals surface area contributed by atoms with Gasteiger partial charge < -0.3 is 5.48 Å². The van der Waals surface area contributed by atoms with Crippen LogP contribution in [-0.2, 0) is 44.1 Å². The van der Waals surface area contributed by atoms with Crippen LogP contribution >= 0.6 is 0 Å². The van der Waals surface area contributed by atoms with Crippen molar-refractivity contribution in [2.24, 2.45) is 0 Å². The van der Waals surface area contributed by atoms with Crippen LogP contribution in [-0.4, -0.2) is 48.3 Å². The molecule has 0 fully saturated rings. The second kappa shape index (κ2) is 29.1. The fourth-order valence-electron chi connectivity index (χ4n) is 0. The van der Waals surface area contributed by atoms with Crippen molar-refractivity contribution in [1.82, 2.24) is 0 Å². The van der Waals surface area contributed by atoms with Crippen molar-refractivity contribution >= 4 is 48.3 Å². The molecule has 5 heteroatoms. The summed E-state index contributed by atoms with van der Waals surface area (Å²) in [5, 5.41) is 0. The molecule has 0 aliphatic heterocycles. The Balaban J connectivity index is 0. The minimum atomic E-state index is 0. The molecule has 0 atom stereocenters. The van der Waals surface area contributed by atoms with Crippen molar-refractivity contribution in [3.05, 3.63) is 0 Å². The predicted molar refractivity (Wildman–Crippen MR) is 12.2 cm³/mol. The van der Waals surface area contributed by atoms with Crippen molar-refractivity contribution in [2.75, 3.05) is 0 Å². The van der Waals surface area contributed by atoms with Crippen LogP contribution in [0.4, 0.5) is 0 Å². The quantitative estimate of drug-likeness (QED) is 0.388. The first-order valence-corrected chi connectivity index (χ1v) is 0. The van der Waals surface area contributed by atoms with Crippen LogP contribution in [0.3, 0.4) is 0 Å². The first-order valence-electron chi connectivity index (χ1n) is 0. The Morgan fingerprint density at radius 1 is 1.00 bits per heavy atom. The predicted octanol–water partition coefficient (Wildman–Crippen LogP) is -0.885. The summed E-state index contributed by atoms with van der Waals surface area (Å²) >= 11 is 0. The van der Waals surface area contributed by atoms with E-state index >= 15 is 0 Å². The van der Waals surface area contributed by atoms with E-state index in [2.05, 4.69) is 0 Å². The van der Waals surface area contributed by atoms with Crippen molar-refractivity contribution in [3.8, 4) is 0 Å². The van der Waals surface area contributed by atoms with Gasteiger partial charge in [0.25, 0.3) is 0 Å². The van der Waals surface area contributed by atoms with E-state index in [9.17, 15) is 0 Å². The maximum Gasteiger partial charge on any atom is 5.00 e. The van der Waals surface area contributed by atoms with E-state index in [1.165, 1.54) is 0 Å². The SMILES string of the molecule is [Ir+3].[O-2].[Sb+3].[Sn+4].[V+5]. The van der Waals surface area contributed by atoms with Gasteiger partial charge in [-0.25, -0.2) is 0 Å². The van der Waals surface area contributed by atoms with Gasteiger partial charge in [0.1, 0.15) is 0 Å². The Hall–Kier alpha value is 2.81. The summed E-state index contributed by atoms with van der Waals surface area (Å²) in [7, 11) is 0. The molecule has 0 heterocycles. The average Bonchev–Trinajstić information content (AvgIpc) is 0. The zero-order chi connectivity index (χ0) is 0. The topological polar surface area (TPSA) is 28.5 Å². The molecule has 1 nitrogen and oxygen atoms in total. The van der Waals surface area contributed by atoms with Crippen LogP contribution in [0.5, 0.6) is 0 Å². The molecular formula is IrOSbSnV+13. The summed E-state index contributed by atoms with van der Waals surface area (Å²) in [4.78, 5) is 0. The van der Waals surface area contributed by atoms with Crippen LogP contribution < -0.4 is 0 Å². The van der Waals surface area contributed by atoms with Crippen LogP contribution in [0.2, 0.25) is 0 Å². The minimum Gasteiger partial charge on any atom is -2.00 e. The molecule has 0 N–H and O–H groups in total. The van der Waals surface area contributed by atoms with E-state index in [-0.39, 0.29) is 92.5 Å². The summed E-state index contributed by atoms with van der Waals surface area (Å²) in [6.07, 6.45) is 0. The molecule has 2 radical (unpaired) electrons. The van der Waals surface area contributed by atoms with Crippen LogP contribution in [0.25, 0.3) is 0 Å². The summed E-state index contributed by atoms with van der Waals surface area (Å²) in [6.45, 7) is 0. The van der Waals surface area contributed by atoms with Gasteiger partial charge in [-0.05, 0) is 0 Å². The van der Waals surface area contributed by atoms with E-state index in [0.717, 1.165) is 0 Å². The Morgan fingerprint density at radius 2 is 1.00 bits per heavy atom. The van der Waals surface area contributed by atoms with Crippen molar-refractivity contribution < 1.29 is 44.1 Å². The zero-order valence-corrected chi connectivity index (χ0v) is 11.3. The Morgan fingerprint density at radius 3 is 1.00 bits per heavy atom. The van der Waals surface area contributed by atoms with Crippen LogP contribution in [0.1, 0.15) is 0 Å². The molecule has 16 valence electrons. The molecule has 0 spiro atoms. The van der Waals surface area contributed by atoms with Crippen LogP contribution in [0, 0.1) is 0 Å². The first-order chi connectivity index (χ1) is 0. The fraction of sp³-hybridized carbons (Fsp3) is 0. The van der Waals surface area contributed by atoms with Gasteiger partial charge in [-0.15, -0.1) is 0 Å². The largest absolute Gasteiger partial charge is 5.00 e. The normalized spacial score (nSPS) is 0. The summed E-state index contributed by atoms with van der Waals surface area (Å²) in [5.74, 6) is 0. The van der Waals surface area contributed by atoms with E-state index in [1.807, 2.05) is 0 Å². The van der Waals surface area contributed by atoms with Gasteiger partial charge in [-0.2, -0.15) is 0 Å². The van der Waals surface area contributed by atoms with Crippen molar-refractivity contribution in [3.63, 3.8) is 0 Å². The second-order valence-electron chi connectivity index (χ2n) is 0. The molecule has 0 rings (SSSR count). The molecule has 0 aromatic heterocycles. The maximum atomic E-state index is 0. The van der Waals surface area contributed by atoms with Crippen molar-refractivity contribution in [1.29, 1.82) is 0 Å². The summed E-state index contributed by atoms with van der Waals surface area (Å²) in [5.41, 5.74) is 0. The summed E-state index contributed by atoms with van der Waals surface area (Å²) in [6, 6.07) is 0. The molecule has 0 saturated carbocycles. The molecule has 0 aliphatic rings. The molecular weight excluding hydrogens is 500 g/mol. The van der Waals surface area contributed by atoms with Gasteiger partial charge in [0.05, 0.1) is 0 Å². The van der Waals surface area contributed by atoms with Gasteiger partial charge in [0.15, 0.2) is 0 Å². The van der Waals surface area contributed by atoms with Gasteiger partial charge >= 0.3 is 87.0 Å². The van der Waals surface area contributed by atoms with Gasteiger partial charge in [-0.3, -0.25) is 0 Å². The van der Waals surface area contributed by atoms with E-state index in [0.29, 0.717) is 0 Å². The molecule has 0 amide bonds. The molecule has 0 saturated heterocycles. The van der Waals surface area contributed by atoms with Crippen molar-refractivity contribution in [2.45, 2.75) is 0 Å². The smallest absolute Gasteiger partial charge is 2.00 e. The Kier molecular flexibility index (Phi) is 267. The second-order valence-corrected chi connectivity index (χ2v) is 0. The molecule has 0 bridgehead atoms. The molecule has 5 heavy (non-hydrogen) atoms. The van der Waals surface area contributed by atoms with Gasteiger partial charge in [-0.1, -0.05) is 0 Å². The molecule has 0 aromatic rings. The number of hydrogen-bond donors (Lipinski definition) is 0. The zero-order valence-electron chi connectivity index (χ0n) is 2.14. The average molecular weight is 500 g/mol. The molecule has 0 aromatic carbocycles. The van der Waals surface area contributed by atoms with Gasteiger partial charge in [0, 0.05) is 0 Å². The summed E-state index contributed by atoms with van der Waals surface area (Å²) < 4.78 is 0. The Bertz CT molecular complexity index is 11.6. The van der Waals surface area contributed by atoms with E-state index in [1.54, 1.807) is 0 Å². The first kappa shape index (κ1) is 45.9. The fourth-order valence-corrected chi connectivity index (χ4v) is 0. The van der Waals surface area contributed by atoms with Crippen LogP contribution in [0.15, 0.2) is 0 Å². The third-order valence-electron chi connectivity index (χ3n) is 0. The minimum absolute atomic E-state index is 0. The molecule has 0 unspecified atom stereocenters. The molecule has 0 aliphatic carbocycles. The van der Waals surface area contributed by atoms with E-state index < -0.39 is 0 Å². The monoisotopic (exact) mass is 501 g/mol. The van der Waals surface area contributed by atoms with Gasteiger partial charge in [0.2, 0.25) is 0 Å². The third kappa shape index (κ3) is 20.0. The maximum absolute atomic E-state index is 0. The number of rotatable bonds is 0.